The van der Waals surface area contributed by atoms with Gasteiger partial charge in [0.15, 0.2) is 29.5 Å². The first-order chi connectivity index (χ1) is 8.93. The number of hydrogen-bond donors (Lipinski definition) is 1. The van der Waals surface area contributed by atoms with Crippen LogP contribution in [-0.2, 0) is 9.59 Å². The number of aromatic hydroxyl groups is 1. The van der Waals surface area contributed by atoms with Crippen LogP contribution in [0.1, 0.15) is 5.56 Å². The van der Waals surface area contributed by atoms with Gasteiger partial charge in [0.05, 0.1) is 0 Å². The number of phenols is 1. The van der Waals surface area contributed by atoms with Crippen LogP contribution in [0.15, 0.2) is 22.8 Å². The summed E-state index contributed by atoms with van der Waals surface area (Å²) in [5.74, 6) is -4.03. The van der Waals surface area contributed by atoms with E-state index in [-0.39, 0.29) is 17.1 Å². The lowest BCUT2D eigenvalue weighted by molar-refractivity contribution is -0.122. The van der Waals surface area contributed by atoms with Crippen LogP contribution in [0.4, 0.5) is 8.78 Å². The summed E-state index contributed by atoms with van der Waals surface area (Å²) in [6.45, 7) is 0. The molecule has 5 nitrogen and oxygen atoms in total. The Morgan fingerprint density at radius 3 is 2.37 bits per heavy atom. The lowest BCUT2D eigenvalue weighted by Crippen LogP contribution is -2.28. The van der Waals surface area contributed by atoms with E-state index in [1.807, 2.05) is 0 Å². The lowest BCUT2D eigenvalue weighted by Gasteiger charge is -2.05. The first-order valence-corrected chi connectivity index (χ1v) is 5.15. The first-order valence-electron chi connectivity index (χ1n) is 5.15. The van der Waals surface area contributed by atoms with Crippen LogP contribution < -0.4 is 0 Å². The van der Waals surface area contributed by atoms with Crippen LogP contribution in [0, 0.1) is 11.6 Å². The first kappa shape index (κ1) is 12.9. The van der Waals surface area contributed by atoms with Gasteiger partial charge in [0.2, 0.25) is 0 Å². The third-order valence-corrected chi connectivity index (χ3v) is 2.55. The van der Waals surface area contributed by atoms with Crippen molar-refractivity contribution < 1.29 is 23.5 Å². The van der Waals surface area contributed by atoms with E-state index in [9.17, 15) is 18.4 Å². The van der Waals surface area contributed by atoms with E-state index in [4.69, 9.17) is 5.11 Å². The average molecular weight is 266 g/mol. The van der Waals surface area contributed by atoms with Gasteiger partial charge in [-0.1, -0.05) is 0 Å². The van der Waals surface area contributed by atoms with Gasteiger partial charge in [-0.3, -0.25) is 14.5 Å². The van der Waals surface area contributed by atoms with E-state index in [2.05, 4.69) is 4.99 Å². The van der Waals surface area contributed by atoms with Gasteiger partial charge >= 0.3 is 0 Å². The van der Waals surface area contributed by atoms with Gasteiger partial charge in [0.1, 0.15) is 5.70 Å². The zero-order chi connectivity index (χ0) is 14.2. The highest BCUT2D eigenvalue weighted by atomic mass is 19.1. The van der Waals surface area contributed by atoms with E-state index in [1.165, 1.54) is 7.05 Å². The molecule has 0 atom stereocenters. The Kier molecular flexibility index (Phi) is 3.12. The number of amides is 1. The molecule has 0 spiro atoms. The average Bonchev–Trinajstić information content (AvgIpc) is 2.63. The molecule has 0 aromatic heterocycles. The minimum Gasteiger partial charge on any atom is -0.503 e. The minimum atomic E-state index is -1.15. The monoisotopic (exact) mass is 266 g/mol. The molecule has 0 radical (unpaired) electrons. The number of phenolic OH excluding ortho intramolecular Hbond substituents is 1. The summed E-state index contributed by atoms with van der Waals surface area (Å²) in [5, 5.41) is 8.95. The quantitative estimate of drug-likeness (QED) is 0.643. The van der Waals surface area contributed by atoms with Crippen molar-refractivity contribution in [3.8, 4) is 5.75 Å². The van der Waals surface area contributed by atoms with Gasteiger partial charge < -0.3 is 5.11 Å². The number of carbonyl (C=O) groups excluding carboxylic acids is 2. The van der Waals surface area contributed by atoms with Crippen LogP contribution in [0.5, 0.6) is 5.75 Å². The Hall–Kier alpha value is -2.57. The number of likely N-dealkylation sites (N-methyl/N-ethyl adjacent to an activating group) is 1. The molecule has 0 aliphatic carbocycles. The summed E-state index contributed by atoms with van der Waals surface area (Å²) in [6, 6.07) is 1.71. The van der Waals surface area contributed by atoms with Gasteiger partial charge in [0.25, 0.3) is 5.91 Å². The van der Waals surface area contributed by atoms with Gasteiger partial charge in [-0.05, 0) is 23.8 Å². The second-order valence-electron chi connectivity index (χ2n) is 3.81. The molecule has 1 aromatic carbocycles. The summed E-state index contributed by atoms with van der Waals surface area (Å²) in [4.78, 5) is 27.0. The van der Waals surface area contributed by atoms with Crippen LogP contribution in [0.2, 0.25) is 0 Å². The molecule has 1 aliphatic rings. The molecule has 1 aliphatic heterocycles. The van der Waals surface area contributed by atoms with E-state index in [0.717, 1.165) is 23.1 Å². The van der Waals surface area contributed by atoms with Crippen molar-refractivity contribution in [1.29, 1.82) is 0 Å². The topological polar surface area (TPSA) is 70.0 Å². The molecule has 1 amide bonds. The zero-order valence-electron chi connectivity index (χ0n) is 9.72. The van der Waals surface area contributed by atoms with Crippen LogP contribution in [0.3, 0.4) is 0 Å². The van der Waals surface area contributed by atoms with Crippen LogP contribution in [0.25, 0.3) is 6.08 Å². The van der Waals surface area contributed by atoms with Crippen molar-refractivity contribution in [3.63, 3.8) is 0 Å². The number of aldehydes is 1. The van der Waals surface area contributed by atoms with Crippen molar-refractivity contribution in [3.05, 3.63) is 35.0 Å². The number of hydrogen-bond acceptors (Lipinski definition) is 4. The standard InChI is InChI=1S/C12H8F2N2O3/c1-16-10(5-17)15-9(12(16)19)4-6-2-7(13)11(18)8(14)3-6/h2-5,18H,1H3. The van der Waals surface area contributed by atoms with E-state index >= 15 is 0 Å². The molecule has 98 valence electrons. The maximum Gasteiger partial charge on any atom is 0.277 e. The molecule has 7 heteroatoms. The highest BCUT2D eigenvalue weighted by Gasteiger charge is 2.26. The highest BCUT2D eigenvalue weighted by Crippen LogP contribution is 2.24. The largest absolute Gasteiger partial charge is 0.503 e. The minimum absolute atomic E-state index is 0.0143. The molecular formula is C12H8F2N2O3. The predicted octanol–water partition coefficient (Wildman–Crippen LogP) is 1.08. The van der Waals surface area contributed by atoms with Crippen molar-refractivity contribution >= 4 is 24.1 Å². The Bertz CT molecular complexity index is 615. The van der Waals surface area contributed by atoms with Crippen molar-refractivity contribution in [2.45, 2.75) is 0 Å². The zero-order valence-corrected chi connectivity index (χ0v) is 9.72. The molecule has 1 aromatic rings. The number of amidine groups is 1. The summed E-state index contributed by atoms with van der Waals surface area (Å²) < 4.78 is 26.2. The highest BCUT2D eigenvalue weighted by molar-refractivity contribution is 6.35. The van der Waals surface area contributed by atoms with Crippen LogP contribution in [-0.4, -0.2) is 35.1 Å². The number of benzene rings is 1. The Morgan fingerprint density at radius 2 is 1.89 bits per heavy atom. The van der Waals surface area contributed by atoms with E-state index in [1.54, 1.807) is 0 Å². The van der Waals surface area contributed by atoms with Crippen molar-refractivity contribution in [2.75, 3.05) is 7.05 Å². The number of aliphatic imine (C=N–C) groups is 1. The molecule has 1 heterocycles. The third kappa shape index (κ3) is 2.22. The molecule has 0 bridgehead atoms. The summed E-state index contributed by atoms with van der Waals surface area (Å²) in [6.07, 6.45) is 1.53. The maximum absolute atomic E-state index is 13.1. The van der Waals surface area contributed by atoms with Gasteiger partial charge in [-0.15, -0.1) is 0 Å². The molecule has 1 N–H and O–H groups in total. The summed E-state index contributed by atoms with van der Waals surface area (Å²) in [5.41, 5.74) is -0.102. The van der Waals surface area contributed by atoms with Crippen LogP contribution >= 0.6 is 0 Å². The maximum atomic E-state index is 13.1. The SMILES string of the molecule is CN1C(=O)C(=Cc2cc(F)c(O)c(F)c2)N=C1C=O. The lowest BCUT2D eigenvalue weighted by atomic mass is 10.1. The number of carbonyl (C=O) groups is 2. The second-order valence-corrected chi connectivity index (χ2v) is 3.81. The molecule has 19 heavy (non-hydrogen) atoms. The molecule has 0 unspecified atom stereocenters. The second kappa shape index (κ2) is 4.60. The van der Waals surface area contributed by atoms with Crippen molar-refractivity contribution in [2.24, 2.45) is 4.99 Å². The van der Waals surface area contributed by atoms with Gasteiger partial charge in [0, 0.05) is 7.05 Å². The molecule has 0 saturated heterocycles. The Balaban J connectivity index is 2.45. The normalized spacial score (nSPS) is 17.0. The summed E-state index contributed by atoms with van der Waals surface area (Å²) in [7, 11) is 1.36. The fraction of sp³-hybridized carbons (Fsp3) is 0.0833. The number of halogens is 2. The van der Waals surface area contributed by atoms with E-state index in [0.29, 0.717) is 6.29 Å². The van der Waals surface area contributed by atoms with E-state index < -0.39 is 23.3 Å². The smallest absolute Gasteiger partial charge is 0.277 e. The van der Waals surface area contributed by atoms with Crippen molar-refractivity contribution in [1.82, 2.24) is 4.90 Å². The van der Waals surface area contributed by atoms with Gasteiger partial charge in [-0.2, -0.15) is 0 Å². The fourth-order valence-electron chi connectivity index (χ4n) is 1.55. The number of rotatable bonds is 2. The molecular weight excluding hydrogens is 258 g/mol. The van der Waals surface area contributed by atoms with Gasteiger partial charge in [-0.25, -0.2) is 13.8 Å². The third-order valence-electron chi connectivity index (χ3n) is 2.55. The molecule has 2 rings (SSSR count). The molecule has 0 fully saturated rings. The fourth-order valence-corrected chi connectivity index (χ4v) is 1.55. The predicted molar refractivity (Wildman–Crippen MR) is 62.3 cm³/mol. The molecule has 0 saturated carbocycles. The summed E-state index contributed by atoms with van der Waals surface area (Å²) >= 11 is 0. The Labute approximate surface area is 106 Å². The number of nitrogens with zero attached hydrogens (tertiary/aromatic N) is 2. The Morgan fingerprint density at radius 1 is 1.32 bits per heavy atom.